The summed E-state index contributed by atoms with van der Waals surface area (Å²) in [4.78, 5) is 22.1. The smallest absolute Gasteiger partial charge is 0.401 e. The molecular formula is C17H29F3IN5O2S. The molecule has 0 aromatic carbocycles. The fraction of sp³-hybridized carbons (Fsp3) is 0.706. The Hall–Kier alpha value is -1.15. The van der Waals surface area contributed by atoms with Gasteiger partial charge in [0.25, 0.3) is 0 Å². The van der Waals surface area contributed by atoms with Gasteiger partial charge in [0, 0.05) is 13.6 Å². The van der Waals surface area contributed by atoms with Gasteiger partial charge in [-0.15, -0.1) is 35.3 Å². The van der Waals surface area contributed by atoms with Crippen LogP contribution in [0.5, 0.6) is 0 Å². The van der Waals surface area contributed by atoms with Gasteiger partial charge in [0.05, 0.1) is 24.9 Å². The zero-order valence-corrected chi connectivity index (χ0v) is 20.4. The van der Waals surface area contributed by atoms with Crippen LogP contribution in [0.25, 0.3) is 0 Å². The van der Waals surface area contributed by atoms with E-state index in [0.29, 0.717) is 47.7 Å². The van der Waals surface area contributed by atoms with Crippen molar-refractivity contribution >= 4 is 47.2 Å². The molecule has 0 fully saturated rings. The maximum atomic E-state index is 12.3. The first kappa shape index (κ1) is 27.8. The van der Waals surface area contributed by atoms with Crippen molar-refractivity contribution in [2.24, 2.45) is 4.99 Å². The predicted octanol–water partition coefficient (Wildman–Crippen LogP) is 3.36. The van der Waals surface area contributed by atoms with Crippen LogP contribution in [0.4, 0.5) is 13.2 Å². The van der Waals surface area contributed by atoms with Gasteiger partial charge in [-0.3, -0.25) is 9.89 Å². The number of thiazole rings is 1. The van der Waals surface area contributed by atoms with Crippen molar-refractivity contribution in [1.82, 2.24) is 20.5 Å². The second-order valence-corrected chi connectivity index (χ2v) is 7.29. The lowest BCUT2D eigenvalue weighted by atomic mass is 10.3. The number of halogens is 4. The molecule has 1 atom stereocenters. The first-order chi connectivity index (χ1) is 13.1. The van der Waals surface area contributed by atoms with E-state index in [1.54, 1.807) is 20.9 Å². The Labute approximate surface area is 190 Å². The Morgan fingerprint density at radius 3 is 2.62 bits per heavy atom. The lowest BCUT2D eigenvalue weighted by Gasteiger charge is -2.19. The molecular weight excluding hydrogens is 522 g/mol. The summed E-state index contributed by atoms with van der Waals surface area (Å²) in [6.45, 7) is 5.54. The Morgan fingerprint density at radius 1 is 1.41 bits per heavy atom. The van der Waals surface area contributed by atoms with Crippen molar-refractivity contribution in [2.45, 2.75) is 39.4 Å². The van der Waals surface area contributed by atoms with Crippen LogP contribution in [-0.4, -0.2) is 68.3 Å². The molecule has 0 spiro atoms. The van der Waals surface area contributed by atoms with E-state index < -0.39 is 12.7 Å². The van der Waals surface area contributed by atoms with E-state index >= 15 is 0 Å². The summed E-state index contributed by atoms with van der Waals surface area (Å²) >= 11 is 1.26. The highest BCUT2D eigenvalue weighted by Gasteiger charge is 2.28. The quantitative estimate of drug-likeness (QED) is 0.161. The molecule has 0 amide bonds. The number of rotatable bonds is 9. The molecule has 1 aromatic rings. The lowest BCUT2D eigenvalue weighted by Crippen LogP contribution is -2.40. The van der Waals surface area contributed by atoms with Gasteiger partial charge in [0.15, 0.2) is 5.96 Å². The van der Waals surface area contributed by atoms with E-state index in [4.69, 9.17) is 4.74 Å². The molecule has 1 aromatic heterocycles. The van der Waals surface area contributed by atoms with Crippen molar-refractivity contribution in [3.8, 4) is 0 Å². The minimum absolute atomic E-state index is 0. The Bertz CT molecular complexity index is 670. The summed E-state index contributed by atoms with van der Waals surface area (Å²) in [7, 11) is 3.05. The molecule has 0 saturated carbocycles. The number of esters is 1. The van der Waals surface area contributed by atoms with Crippen LogP contribution >= 0.6 is 35.3 Å². The summed E-state index contributed by atoms with van der Waals surface area (Å²) in [5.41, 5.74) is 0.614. The van der Waals surface area contributed by atoms with Crippen molar-refractivity contribution in [2.75, 3.05) is 40.3 Å². The molecule has 1 rings (SSSR count). The van der Waals surface area contributed by atoms with E-state index in [1.807, 2.05) is 6.92 Å². The monoisotopic (exact) mass is 551 g/mol. The Morgan fingerprint density at radius 2 is 2.07 bits per heavy atom. The van der Waals surface area contributed by atoms with Crippen LogP contribution < -0.4 is 10.6 Å². The van der Waals surface area contributed by atoms with Gasteiger partial charge in [-0.2, -0.15) is 13.2 Å². The molecule has 0 aliphatic heterocycles. The maximum absolute atomic E-state index is 12.3. The van der Waals surface area contributed by atoms with Crippen molar-refractivity contribution in [1.29, 1.82) is 0 Å². The molecule has 0 aliphatic carbocycles. The van der Waals surface area contributed by atoms with E-state index in [0.717, 1.165) is 0 Å². The van der Waals surface area contributed by atoms with Gasteiger partial charge < -0.3 is 15.4 Å². The number of aryl methyl sites for hydroxylation is 1. The number of aliphatic imine (C=N–C) groups is 1. The molecule has 0 bridgehead atoms. The van der Waals surface area contributed by atoms with Crippen molar-refractivity contribution in [3.63, 3.8) is 0 Å². The highest BCUT2D eigenvalue weighted by Crippen LogP contribution is 2.24. The molecule has 0 saturated heterocycles. The van der Waals surface area contributed by atoms with Crippen LogP contribution in [0.2, 0.25) is 0 Å². The lowest BCUT2D eigenvalue weighted by molar-refractivity contribution is -0.143. The number of nitrogens with one attached hydrogen (secondary N) is 2. The second kappa shape index (κ2) is 13.2. The van der Waals surface area contributed by atoms with Crippen LogP contribution in [0.3, 0.4) is 0 Å². The molecule has 1 heterocycles. The second-order valence-electron chi connectivity index (χ2n) is 6.26. The number of aromatic nitrogens is 1. The minimum Gasteiger partial charge on any atom is -0.462 e. The first-order valence-corrected chi connectivity index (χ1v) is 9.76. The summed E-state index contributed by atoms with van der Waals surface area (Å²) in [5, 5.41) is 6.95. The van der Waals surface area contributed by atoms with Crippen molar-refractivity contribution < 1.29 is 22.7 Å². The molecule has 0 radical (unpaired) electrons. The van der Waals surface area contributed by atoms with Crippen LogP contribution in [0.1, 0.15) is 46.7 Å². The summed E-state index contributed by atoms with van der Waals surface area (Å²) < 4.78 is 41.9. The SMILES string of the molecule is CCOC(=O)c1sc(C(C)NC(=NC)NCCCN(C)CC(F)(F)F)nc1C.I. The molecule has 12 heteroatoms. The Balaban J connectivity index is 0.00000784. The van der Waals surface area contributed by atoms with E-state index in [1.165, 1.54) is 23.3 Å². The molecule has 1 unspecified atom stereocenters. The van der Waals surface area contributed by atoms with Gasteiger partial charge in [0.1, 0.15) is 9.88 Å². The zero-order chi connectivity index (χ0) is 21.3. The van der Waals surface area contributed by atoms with Gasteiger partial charge in [-0.05, 0) is 40.8 Å². The summed E-state index contributed by atoms with van der Waals surface area (Å²) in [6, 6.07) is -0.203. The van der Waals surface area contributed by atoms with E-state index in [-0.39, 0.29) is 36.0 Å². The summed E-state index contributed by atoms with van der Waals surface area (Å²) in [5.74, 6) is 0.123. The number of alkyl halides is 3. The molecule has 168 valence electrons. The van der Waals surface area contributed by atoms with Crippen LogP contribution in [0.15, 0.2) is 4.99 Å². The van der Waals surface area contributed by atoms with Gasteiger partial charge in [-0.1, -0.05) is 0 Å². The Kier molecular flexibility index (Phi) is 12.7. The average molecular weight is 551 g/mol. The maximum Gasteiger partial charge on any atom is 0.401 e. The third kappa shape index (κ3) is 10.4. The largest absolute Gasteiger partial charge is 0.462 e. The first-order valence-electron chi connectivity index (χ1n) is 8.94. The number of guanidine groups is 1. The predicted molar refractivity (Wildman–Crippen MR) is 119 cm³/mol. The van der Waals surface area contributed by atoms with E-state index in [2.05, 4.69) is 20.6 Å². The summed E-state index contributed by atoms with van der Waals surface area (Å²) in [6.07, 6.45) is -3.66. The molecule has 0 aliphatic rings. The standard InChI is InChI=1S/C17H28F3N5O2S.HI/c1-6-27-15(26)13-11(2)23-14(28-13)12(3)24-16(21-4)22-8-7-9-25(5)10-17(18,19)20;/h12H,6-10H2,1-5H3,(H2,21,22,24);1H. The van der Waals surface area contributed by atoms with Crippen LogP contribution in [-0.2, 0) is 4.74 Å². The number of carbonyl (C=O) groups is 1. The zero-order valence-electron chi connectivity index (χ0n) is 17.2. The van der Waals surface area contributed by atoms with Crippen molar-refractivity contribution in [3.05, 3.63) is 15.6 Å². The normalized spacial score (nSPS) is 13.1. The number of carbonyl (C=O) groups excluding carboxylic acids is 1. The molecule has 29 heavy (non-hydrogen) atoms. The number of ether oxygens (including phenoxy) is 1. The number of hydrogen-bond donors (Lipinski definition) is 2. The van der Waals surface area contributed by atoms with Gasteiger partial charge in [0.2, 0.25) is 0 Å². The highest BCUT2D eigenvalue weighted by molar-refractivity contribution is 14.0. The molecule has 7 nitrogen and oxygen atoms in total. The van der Waals surface area contributed by atoms with E-state index in [9.17, 15) is 18.0 Å². The minimum atomic E-state index is -4.19. The van der Waals surface area contributed by atoms with Gasteiger partial charge >= 0.3 is 12.1 Å². The number of hydrogen-bond acceptors (Lipinski definition) is 6. The third-order valence-corrected chi connectivity index (χ3v) is 5.00. The molecule has 2 N–H and O–H groups in total. The van der Waals surface area contributed by atoms with Gasteiger partial charge in [-0.25, -0.2) is 9.78 Å². The van der Waals surface area contributed by atoms with Crippen LogP contribution in [0, 0.1) is 6.92 Å². The third-order valence-electron chi connectivity index (χ3n) is 3.68. The fourth-order valence-electron chi connectivity index (χ4n) is 2.39. The topological polar surface area (TPSA) is 78.8 Å². The number of nitrogens with zero attached hydrogens (tertiary/aromatic N) is 3. The fourth-order valence-corrected chi connectivity index (χ4v) is 3.35. The average Bonchev–Trinajstić information content (AvgIpc) is 2.98. The highest BCUT2D eigenvalue weighted by atomic mass is 127.